The molecule has 146 valence electrons. The highest BCUT2D eigenvalue weighted by Crippen LogP contribution is 2.14. The molecule has 1 atom stereocenters. The first kappa shape index (κ1) is 20.8. The Labute approximate surface area is 156 Å². The number of carbonyl (C=O) groups is 1. The van der Waals surface area contributed by atoms with Gasteiger partial charge in [-0.25, -0.2) is 13.1 Å². The lowest BCUT2D eigenvalue weighted by atomic mass is 10.2. The van der Waals surface area contributed by atoms with Crippen molar-refractivity contribution in [3.63, 3.8) is 0 Å². The maximum absolute atomic E-state index is 12.4. The quantitative estimate of drug-likeness (QED) is 0.634. The Morgan fingerprint density at radius 2 is 2.08 bits per heavy atom. The summed E-state index contributed by atoms with van der Waals surface area (Å²) in [5, 5.41) is 2.84. The van der Waals surface area contributed by atoms with Gasteiger partial charge in [0.1, 0.15) is 0 Å². The number of carbonyl (C=O) groups excluding carboxylic acids is 1. The molecule has 26 heavy (non-hydrogen) atoms. The summed E-state index contributed by atoms with van der Waals surface area (Å²) in [6, 6.07) is 6.10. The number of benzene rings is 1. The van der Waals surface area contributed by atoms with Gasteiger partial charge >= 0.3 is 0 Å². The van der Waals surface area contributed by atoms with Crippen molar-refractivity contribution in [2.45, 2.75) is 37.7 Å². The van der Waals surface area contributed by atoms with Gasteiger partial charge in [0.05, 0.1) is 11.0 Å². The average molecular weight is 384 g/mol. The second-order valence-electron chi connectivity index (χ2n) is 6.30. The Balaban J connectivity index is 1.94. The summed E-state index contributed by atoms with van der Waals surface area (Å²) in [6.07, 6.45) is 1.74. The molecule has 1 aliphatic heterocycles. The van der Waals surface area contributed by atoms with Gasteiger partial charge in [0.2, 0.25) is 10.0 Å². The van der Waals surface area contributed by atoms with Crippen molar-refractivity contribution in [2.75, 3.05) is 39.3 Å². The number of hydrogen-bond donors (Lipinski definition) is 2. The van der Waals surface area contributed by atoms with E-state index in [2.05, 4.69) is 28.8 Å². The van der Waals surface area contributed by atoms with Crippen molar-refractivity contribution in [1.29, 1.82) is 0 Å². The van der Waals surface area contributed by atoms with Crippen molar-refractivity contribution in [1.82, 2.24) is 14.9 Å². The van der Waals surface area contributed by atoms with Crippen LogP contribution in [0.1, 0.15) is 37.0 Å². The SMILES string of the molecule is CCN(CC)CCNC(=O)c1cccc(S(=O)(=O)NCC2CCCO2)c1. The number of hydrogen-bond acceptors (Lipinski definition) is 5. The zero-order chi connectivity index (χ0) is 19.0. The van der Waals surface area contributed by atoms with Crippen LogP contribution in [0.25, 0.3) is 0 Å². The molecule has 1 saturated heterocycles. The van der Waals surface area contributed by atoms with Gasteiger partial charge in [0.15, 0.2) is 0 Å². The number of sulfonamides is 1. The number of amides is 1. The van der Waals surface area contributed by atoms with E-state index in [4.69, 9.17) is 4.74 Å². The smallest absolute Gasteiger partial charge is 0.251 e. The van der Waals surface area contributed by atoms with Crippen LogP contribution in [0, 0.1) is 0 Å². The van der Waals surface area contributed by atoms with E-state index in [0.717, 1.165) is 32.5 Å². The van der Waals surface area contributed by atoms with Gasteiger partial charge in [0, 0.05) is 31.8 Å². The Morgan fingerprint density at radius 3 is 2.73 bits per heavy atom. The van der Waals surface area contributed by atoms with Crippen LogP contribution < -0.4 is 10.0 Å². The van der Waals surface area contributed by atoms with Crippen molar-refractivity contribution in [3.8, 4) is 0 Å². The number of nitrogens with one attached hydrogen (secondary N) is 2. The van der Waals surface area contributed by atoms with Crippen molar-refractivity contribution >= 4 is 15.9 Å². The fraction of sp³-hybridized carbons (Fsp3) is 0.611. The predicted octanol–water partition coefficient (Wildman–Crippen LogP) is 1.22. The van der Waals surface area contributed by atoms with Crippen molar-refractivity contribution in [2.24, 2.45) is 0 Å². The fourth-order valence-electron chi connectivity index (χ4n) is 2.87. The lowest BCUT2D eigenvalue weighted by Gasteiger charge is -2.18. The lowest BCUT2D eigenvalue weighted by molar-refractivity contribution is 0.0948. The van der Waals surface area contributed by atoms with Crippen LogP contribution in [0.3, 0.4) is 0 Å². The maximum atomic E-state index is 12.4. The Hall–Kier alpha value is -1.48. The van der Waals surface area contributed by atoms with Gasteiger partial charge in [-0.2, -0.15) is 0 Å². The molecule has 1 aliphatic rings. The van der Waals surface area contributed by atoms with Crippen LogP contribution in [0.4, 0.5) is 0 Å². The molecule has 1 aromatic rings. The molecule has 1 heterocycles. The van der Waals surface area contributed by atoms with Gasteiger partial charge in [-0.15, -0.1) is 0 Å². The third-order valence-corrected chi connectivity index (χ3v) is 5.96. The summed E-state index contributed by atoms with van der Waals surface area (Å²) in [5.41, 5.74) is 0.338. The van der Waals surface area contributed by atoms with E-state index in [9.17, 15) is 13.2 Å². The molecule has 8 heteroatoms. The van der Waals surface area contributed by atoms with E-state index in [-0.39, 0.29) is 23.5 Å². The van der Waals surface area contributed by atoms with E-state index in [1.54, 1.807) is 12.1 Å². The molecular formula is C18H29N3O4S. The molecule has 1 aromatic carbocycles. The largest absolute Gasteiger partial charge is 0.377 e. The normalized spacial score (nSPS) is 17.6. The molecule has 0 aromatic heterocycles. The van der Waals surface area contributed by atoms with Crippen LogP contribution in [-0.4, -0.2) is 64.7 Å². The third-order valence-electron chi connectivity index (χ3n) is 4.54. The van der Waals surface area contributed by atoms with E-state index in [0.29, 0.717) is 18.7 Å². The zero-order valence-corrected chi connectivity index (χ0v) is 16.3. The first-order valence-electron chi connectivity index (χ1n) is 9.18. The topological polar surface area (TPSA) is 87.7 Å². The Kier molecular flexibility index (Phi) is 8.02. The van der Waals surface area contributed by atoms with Crippen LogP contribution >= 0.6 is 0 Å². The van der Waals surface area contributed by atoms with Gasteiger partial charge in [-0.1, -0.05) is 19.9 Å². The first-order valence-corrected chi connectivity index (χ1v) is 10.7. The highest BCUT2D eigenvalue weighted by atomic mass is 32.2. The summed E-state index contributed by atoms with van der Waals surface area (Å²) in [7, 11) is -3.66. The molecule has 1 unspecified atom stereocenters. The second-order valence-corrected chi connectivity index (χ2v) is 8.06. The summed E-state index contributed by atoms with van der Waals surface area (Å²) < 4.78 is 32.9. The molecule has 1 fully saturated rings. The van der Waals surface area contributed by atoms with Crippen molar-refractivity contribution < 1.29 is 17.9 Å². The molecule has 0 spiro atoms. The highest BCUT2D eigenvalue weighted by Gasteiger charge is 2.21. The molecule has 2 N–H and O–H groups in total. The monoisotopic (exact) mass is 383 g/mol. The molecule has 0 aliphatic carbocycles. The van der Waals surface area contributed by atoms with Crippen molar-refractivity contribution in [3.05, 3.63) is 29.8 Å². The summed E-state index contributed by atoms with van der Waals surface area (Å²) in [5.74, 6) is -0.270. The number of rotatable bonds is 10. The average Bonchev–Trinajstić information content (AvgIpc) is 3.17. The molecule has 0 saturated carbocycles. The number of ether oxygens (including phenoxy) is 1. The van der Waals surface area contributed by atoms with E-state index in [1.807, 2.05) is 0 Å². The predicted molar refractivity (Wildman–Crippen MR) is 101 cm³/mol. The molecule has 2 rings (SSSR count). The number of nitrogens with zero attached hydrogens (tertiary/aromatic N) is 1. The van der Waals surface area contributed by atoms with Gasteiger partial charge < -0.3 is 15.0 Å². The molecular weight excluding hydrogens is 354 g/mol. The van der Waals surface area contributed by atoms with E-state index < -0.39 is 10.0 Å². The lowest BCUT2D eigenvalue weighted by Crippen LogP contribution is -2.35. The molecule has 0 radical (unpaired) electrons. The van der Waals surface area contributed by atoms with Crippen LogP contribution in [0.15, 0.2) is 29.2 Å². The third kappa shape index (κ3) is 6.05. The Morgan fingerprint density at radius 1 is 1.31 bits per heavy atom. The minimum Gasteiger partial charge on any atom is -0.377 e. The molecule has 1 amide bonds. The highest BCUT2D eigenvalue weighted by molar-refractivity contribution is 7.89. The van der Waals surface area contributed by atoms with Gasteiger partial charge in [-0.3, -0.25) is 4.79 Å². The molecule has 0 bridgehead atoms. The number of likely N-dealkylation sites (N-methyl/N-ethyl adjacent to an activating group) is 1. The van der Waals surface area contributed by atoms with Gasteiger partial charge in [0.25, 0.3) is 5.91 Å². The fourth-order valence-corrected chi connectivity index (χ4v) is 3.98. The standard InChI is InChI=1S/C18H29N3O4S/c1-3-21(4-2)11-10-19-18(22)15-7-5-9-17(13-15)26(23,24)20-14-16-8-6-12-25-16/h5,7,9,13,16,20H,3-4,6,8,10-12,14H2,1-2H3,(H,19,22). The summed E-state index contributed by atoms with van der Waals surface area (Å²) in [4.78, 5) is 14.6. The maximum Gasteiger partial charge on any atom is 0.251 e. The van der Waals surface area contributed by atoms with E-state index >= 15 is 0 Å². The first-order chi connectivity index (χ1) is 12.5. The Bertz CT molecular complexity index is 683. The summed E-state index contributed by atoms with van der Waals surface area (Å²) in [6.45, 7) is 8.21. The zero-order valence-electron chi connectivity index (χ0n) is 15.5. The van der Waals surface area contributed by atoms with Crippen LogP contribution in [0.5, 0.6) is 0 Å². The summed E-state index contributed by atoms with van der Waals surface area (Å²) >= 11 is 0. The second kappa shape index (κ2) is 10.0. The minimum atomic E-state index is -3.66. The minimum absolute atomic E-state index is 0.0728. The van der Waals surface area contributed by atoms with Crippen LogP contribution in [-0.2, 0) is 14.8 Å². The molecule has 7 nitrogen and oxygen atoms in total. The van der Waals surface area contributed by atoms with Crippen LogP contribution in [0.2, 0.25) is 0 Å². The van der Waals surface area contributed by atoms with Gasteiger partial charge in [-0.05, 0) is 44.1 Å². The van der Waals surface area contributed by atoms with E-state index in [1.165, 1.54) is 12.1 Å².